The molecule has 0 radical (unpaired) electrons. The van der Waals surface area contributed by atoms with Gasteiger partial charge < -0.3 is 4.74 Å². The Kier molecular flexibility index (Phi) is 7.76. The minimum atomic E-state index is -0.263. The highest BCUT2D eigenvalue weighted by Crippen LogP contribution is 2.35. The van der Waals surface area contributed by atoms with Crippen molar-refractivity contribution in [2.24, 2.45) is 0 Å². The zero-order valence-electron chi connectivity index (χ0n) is 20.0. The van der Waals surface area contributed by atoms with Crippen LogP contribution in [0.25, 0.3) is 11.3 Å². The zero-order valence-corrected chi connectivity index (χ0v) is 20.0. The lowest BCUT2D eigenvalue weighted by Crippen LogP contribution is -2.33. The molecular formula is C29H32N2O3. The lowest BCUT2D eigenvalue weighted by Gasteiger charge is -2.26. The fourth-order valence-electron chi connectivity index (χ4n) is 4.52. The average Bonchev–Trinajstić information content (AvgIpc) is 2.85. The molecule has 0 spiro atoms. The van der Waals surface area contributed by atoms with E-state index in [0.717, 1.165) is 47.6 Å². The molecule has 4 rings (SSSR count). The molecule has 0 saturated carbocycles. The molecule has 34 heavy (non-hydrogen) atoms. The van der Waals surface area contributed by atoms with Crippen LogP contribution >= 0.6 is 0 Å². The van der Waals surface area contributed by atoms with Gasteiger partial charge in [0.25, 0.3) is 5.70 Å². The van der Waals surface area contributed by atoms with Gasteiger partial charge in [0.1, 0.15) is 12.4 Å². The average molecular weight is 457 g/mol. The molecule has 1 saturated heterocycles. The fraction of sp³-hybridized carbons (Fsp3) is 0.310. The van der Waals surface area contributed by atoms with Crippen LogP contribution in [0.3, 0.4) is 0 Å². The number of nitro groups is 1. The number of rotatable bonds is 8. The molecule has 1 heterocycles. The molecule has 0 aromatic heterocycles. The van der Waals surface area contributed by atoms with Crippen molar-refractivity contribution in [2.75, 3.05) is 26.2 Å². The number of likely N-dealkylation sites (tertiary alicyclic amines) is 1. The molecule has 0 bridgehead atoms. The van der Waals surface area contributed by atoms with Gasteiger partial charge in [0, 0.05) is 6.54 Å². The fourth-order valence-corrected chi connectivity index (χ4v) is 4.52. The van der Waals surface area contributed by atoms with Crippen LogP contribution in [0, 0.1) is 24.0 Å². The topological polar surface area (TPSA) is 55.6 Å². The third-order valence-electron chi connectivity index (χ3n) is 6.43. The van der Waals surface area contributed by atoms with Crippen molar-refractivity contribution < 1.29 is 9.66 Å². The maximum atomic E-state index is 12.4. The molecule has 0 atom stereocenters. The van der Waals surface area contributed by atoms with Crippen molar-refractivity contribution >= 4 is 11.3 Å². The van der Waals surface area contributed by atoms with Gasteiger partial charge in [0.15, 0.2) is 0 Å². The Balaban J connectivity index is 1.67. The number of hydrogen-bond donors (Lipinski definition) is 0. The Bertz CT molecular complexity index is 1140. The van der Waals surface area contributed by atoms with Crippen molar-refractivity contribution in [3.63, 3.8) is 0 Å². The first kappa shape index (κ1) is 23.7. The number of ether oxygens (including phenoxy) is 1. The molecule has 5 nitrogen and oxygen atoms in total. The van der Waals surface area contributed by atoms with Gasteiger partial charge in [-0.1, -0.05) is 66.6 Å². The summed E-state index contributed by atoms with van der Waals surface area (Å²) in [5.41, 5.74) is 4.95. The van der Waals surface area contributed by atoms with E-state index >= 15 is 0 Å². The lowest BCUT2D eigenvalue weighted by atomic mass is 9.91. The third kappa shape index (κ3) is 5.72. The second-order valence-electron chi connectivity index (χ2n) is 8.94. The van der Waals surface area contributed by atoms with Crippen molar-refractivity contribution in [3.05, 3.63) is 111 Å². The standard InChI is InChI=1S/C29H32N2O3/c1-22-10-12-24(13-11-22)28(29(31(32)33)27-9-5-4-8-23(27)2)25-14-16-26(17-15-25)34-21-20-30-18-6-3-7-19-30/h4-5,8-17H,3,6-7,18-21H2,1-2H3/b29-28+. The summed E-state index contributed by atoms with van der Waals surface area (Å²) in [5, 5.41) is 12.4. The van der Waals surface area contributed by atoms with E-state index in [1.807, 2.05) is 86.6 Å². The summed E-state index contributed by atoms with van der Waals surface area (Å²) >= 11 is 0. The minimum Gasteiger partial charge on any atom is -0.492 e. The normalized spacial score (nSPS) is 15.0. The summed E-state index contributed by atoms with van der Waals surface area (Å²) in [7, 11) is 0. The Morgan fingerprint density at radius 3 is 2.12 bits per heavy atom. The van der Waals surface area contributed by atoms with E-state index in [1.54, 1.807) is 0 Å². The van der Waals surface area contributed by atoms with Crippen molar-refractivity contribution in [2.45, 2.75) is 33.1 Å². The van der Waals surface area contributed by atoms with E-state index in [-0.39, 0.29) is 10.6 Å². The summed E-state index contributed by atoms with van der Waals surface area (Å²) in [4.78, 5) is 14.6. The van der Waals surface area contributed by atoms with Gasteiger partial charge in [0.05, 0.1) is 16.1 Å². The van der Waals surface area contributed by atoms with Gasteiger partial charge in [-0.2, -0.15) is 0 Å². The summed E-state index contributed by atoms with van der Waals surface area (Å²) < 4.78 is 5.99. The first-order valence-electron chi connectivity index (χ1n) is 12.0. The van der Waals surface area contributed by atoms with Crippen LogP contribution in [-0.2, 0) is 0 Å². The van der Waals surface area contributed by atoms with E-state index in [4.69, 9.17) is 4.74 Å². The summed E-state index contributed by atoms with van der Waals surface area (Å²) in [6.07, 6.45) is 3.86. The van der Waals surface area contributed by atoms with E-state index < -0.39 is 0 Å². The smallest absolute Gasteiger partial charge is 0.285 e. The van der Waals surface area contributed by atoms with Crippen LogP contribution < -0.4 is 4.74 Å². The highest BCUT2D eigenvalue weighted by atomic mass is 16.6. The predicted molar refractivity (Wildman–Crippen MR) is 137 cm³/mol. The van der Waals surface area contributed by atoms with Crippen LogP contribution in [0.4, 0.5) is 0 Å². The van der Waals surface area contributed by atoms with Crippen molar-refractivity contribution in [1.82, 2.24) is 4.90 Å². The van der Waals surface area contributed by atoms with Crippen LogP contribution in [0.15, 0.2) is 72.8 Å². The summed E-state index contributed by atoms with van der Waals surface area (Å²) in [6.45, 7) is 7.79. The molecule has 0 aliphatic carbocycles. The highest BCUT2D eigenvalue weighted by molar-refractivity contribution is 5.96. The van der Waals surface area contributed by atoms with Gasteiger partial charge in [-0.05, 0) is 74.7 Å². The van der Waals surface area contributed by atoms with Crippen molar-refractivity contribution in [3.8, 4) is 5.75 Å². The minimum absolute atomic E-state index is 0.112. The van der Waals surface area contributed by atoms with Crippen molar-refractivity contribution in [1.29, 1.82) is 0 Å². The molecule has 176 valence electrons. The second kappa shape index (κ2) is 11.1. The SMILES string of the molecule is Cc1ccc(/C(=C(/c2ccccc2C)[N+](=O)[O-])c2ccc(OCCN3CCCCC3)cc2)cc1. The maximum Gasteiger partial charge on any atom is 0.285 e. The second-order valence-corrected chi connectivity index (χ2v) is 8.94. The Morgan fingerprint density at radius 2 is 1.50 bits per heavy atom. The molecule has 3 aromatic carbocycles. The molecule has 1 aliphatic heterocycles. The lowest BCUT2D eigenvalue weighted by molar-refractivity contribution is -0.374. The molecule has 3 aromatic rings. The monoisotopic (exact) mass is 456 g/mol. The molecular weight excluding hydrogens is 424 g/mol. The van der Waals surface area contributed by atoms with Crippen LogP contribution in [0.2, 0.25) is 0 Å². The van der Waals surface area contributed by atoms with Crippen LogP contribution in [0.5, 0.6) is 5.75 Å². The number of benzene rings is 3. The van der Waals surface area contributed by atoms with Gasteiger partial charge in [0.2, 0.25) is 0 Å². The number of nitrogens with zero attached hydrogens (tertiary/aromatic N) is 2. The van der Waals surface area contributed by atoms with E-state index in [9.17, 15) is 10.1 Å². The molecule has 0 unspecified atom stereocenters. The van der Waals surface area contributed by atoms with E-state index in [1.165, 1.54) is 19.3 Å². The van der Waals surface area contributed by atoms with Crippen LogP contribution in [0.1, 0.15) is 47.1 Å². The number of aryl methyl sites for hydroxylation is 2. The molecule has 1 fully saturated rings. The zero-order chi connectivity index (χ0) is 23.9. The third-order valence-corrected chi connectivity index (χ3v) is 6.43. The molecule has 0 N–H and O–H groups in total. The number of piperidine rings is 1. The van der Waals surface area contributed by atoms with Gasteiger partial charge in [-0.3, -0.25) is 15.0 Å². The Morgan fingerprint density at radius 1 is 0.882 bits per heavy atom. The molecule has 0 amide bonds. The maximum absolute atomic E-state index is 12.4. The Hall–Kier alpha value is -3.44. The van der Waals surface area contributed by atoms with E-state index in [2.05, 4.69) is 4.90 Å². The number of hydrogen-bond acceptors (Lipinski definition) is 4. The quantitative estimate of drug-likeness (QED) is 0.225. The molecule has 1 aliphatic rings. The largest absolute Gasteiger partial charge is 0.492 e. The van der Waals surface area contributed by atoms with Gasteiger partial charge in [-0.15, -0.1) is 0 Å². The van der Waals surface area contributed by atoms with E-state index in [0.29, 0.717) is 17.7 Å². The Labute approximate surface area is 201 Å². The van der Waals surface area contributed by atoms with Crippen LogP contribution in [-0.4, -0.2) is 36.1 Å². The van der Waals surface area contributed by atoms with Gasteiger partial charge in [-0.25, -0.2) is 0 Å². The molecule has 5 heteroatoms. The first-order valence-corrected chi connectivity index (χ1v) is 12.0. The first-order chi connectivity index (χ1) is 16.5. The summed E-state index contributed by atoms with van der Waals surface area (Å²) in [6, 6.07) is 23.0. The van der Waals surface area contributed by atoms with Gasteiger partial charge >= 0.3 is 0 Å². The predicted octanol–water partition coefficient (Wildman–Crippen LogP) is 6.36. The highest BCUT2D eigenvalue weighted by Gasteiger charge is 2.25. The summed E-state index contributed by atoms with van der Waals surface area (Å²) in [5.74, 6) is 0.780.